The number of hydrogen-bond donors (Lipinski definition) is 0. The smallest absolute Gasteiger partial charge is 0.262 e. The lowest BCUT2D eigenvalue weighted by atomic mass is 10.3. The fourth-order valence-corrected chi connectivity index (χ4v) is 1.39. The third-order valence-corrected chi connectivity index (χ3v) is 2.07. The van der Waals surface area contributed by atoms with E-state index in [1.165, 1.54) is 4.90 Å². The molecule has 0 saturated carbocycles. The first kappa shape index (κ1) is 8.16. The van der Waals surface area contributed by atoms with E-state index in [4.69, 9.17) is 0 Å². The van der Waals surface area contributed by atoms with Crippen LogP contribution in [0.1, 0.15) is 6.42 Å². The minimum absolute atomic E-state index is 0.273. The van der Waals surface area contributed by atoms with Gasteiger partial charge in [0.2, 0.25) is 0 Å². The highest BCUT2D eigenvalue weighted by molar-refractivity contribution is 5.97. The van der Waals surface area contributed by atoms with Gasteiger partial charge in [0, 0.05) is 19.2 Å². The van der Waals surface area contributed by atoms with Crippen LogP contribution in [-0.4, -0.2) is 23.6 Å². The zero-order chi connectivity index (χ0) is 9.26. The zero-order valence-electron chi connectivity index (χ0n) is 6.98. The standard InChI is InChI=1S/C9H9FN2O/c10-7-4-6-12(9(7)13)8-3-1-2-5-11-8/h1-3,5,7H,4,6H2. The summed E-state index contributed by atoms with van der Waals surface area (Å²) in [5.74, 6) is 0.0614. The number of pyridine rings is 1. The predicted octanol–water partition coefficient (Wildman–Crippen LogP) is 1.16. The molecule has 0 spiro atoms. The maximum Gasteiger partial charge on any atom is 0.262 e. The molecule has 2 heterocycles. The van der Waals surface area contributed by atoms with Crippen LogP contribution in [0.4, 0.5) is 10.2 Å². The lowest BCUT2D eigenvalue weighted by Gasteiger charge is -2.13. The van der Waals surface area contributed by atoms with Crippen LogP contribution in [-0.2, 0) is 4.79 Å². The number of halogens is 1. The molecule has 13 heavy (non-hydrogen) atoms. The van der Waals surface area contributed by atoms with Crippen molar-refractivity contribution in [3.05, 3.63) is 24.4 Å². The van der Waals surface area contributed by atoms with E-state index in [0.717, 1.165) is 0 Å². The van der Waals surface area contributed by atoms with E-state index in [0.29, 0.717) is 12.4 Å². The van der Waals surface area contributed by atoms with Crippen molar-refractivity contribution in [3.63, 3.8) is 0 Å². The van der Waals surface area contributed by atoms with Gasteiger partial charge < -0.3 is 0 Å². The van der Waals surface area contributed by atoms with Crippen molar-refractivity contribution in [2.24, 2.45) is 0 Å². The largest absolute Gasteiger partial charge is 0.294 e. The summed E-state index contributed by atoms with van der Waals surface area (Å²) in [7, 11) is 0. The Balaban J connectivity index is 2.24. The van der Waals surface area contributed by atoms with Gasteiger partial charge >= 0.3 is 0 Å². The number of anilines is 1. The Morgan fingerprint density at radius 3 is 2.92 bits per heavy atom. The highest BCUT2D eigenvalue weighted by Gasteiger charge is 2.32. The van der Waals surface area contributed by atoms with E-state index >= 15 is 0 Å². The normalized spacial score (nSPS) is 22.4. The summed E-state index contributed by atoms with van der Waals surface area (Å²) in [5, 5.41) is 0. The Hall–Kier alpha value is -1.45. The van der Waals surface area contributed by atoms with E-state index < -0.39 is 12.1 Å². The highest BCUT2D eigenvalue weighted by atomic mass is 19.1. The molecule has 0 radical (unpaired) electrons. The van der Waals surface area contributed by atoms with Crippen LogP contribution in [0.3, 0.4) is 0 Å². The van der Waals surface area contributed by atoms with Crippen LogP contribution < -0.4 is 4.90 Å². The minimum Gasteiger partial charge on any atom is -0.294 e. The van der Waals surface area contributed by atoms with E-state index in [2.05, 4.69) is 4.98 Å². The summed E-state index contributed by atoms with van der Waals surface area (Å²) >= 11 is 0. The quantitative estimate of drug-likeness (QED) is 0.649. The third kappa shape index (κ3) is 1.39. The van der Waals surface area contributed by atoms with Crippen molar-refractivity contribution in [1.29, 1.82) is 0 Å². The lowest BCUT2D eigenvalue weighted by Crippen LogP contribution is -2.28. The lowest BCUT2D eigenvalue weighted by molar-refractivity contribution is -0.121. The molecule has 0 N–H and O–H groups in total. The van der Waals surface area contributed by atoms with Crippen LogP contribution >= 0.6 is 0 Å². The van der Waals surface area contributed by atoms with Gasteiger partial charge in [0.05, 0.1) is 0 Å². The van der Waals surface area contributed by atoms with Gasteiger partial charge in [-0.05, 0) is 12.1 Å². The van der Waals surface area contributed by atoms with Crippen LogP contribution in [0.5, 0.6) is 0 Å². The Morgan fingerprint density at radius 2 is 2.38 bits per heavy atom. The molecule has 0 bridgehead atoms. The maximum absolute atomic E-state index is 12.8. The minimum atomic E-state index is -1.35. The molecule has 1 aromatic heterocycles. The molecule has 2 rings (SSSR count). The van der Waals surface area contributed by atoms with Crippen LogP contribution in [0, 0.1) is 0 Å². The summed E-state index contributed by atoms with van der Waals surface area (Å²) < 4.78 is 12.8. The Bertz CT molecular complexity index is 315. The average Bonchev–Trinajstić information content (AvgIpc) is 2.49. The predicted molar refractivity (Wildman–Crippen MR) is 46.1 cm³/mol. The topological polar surface area (TPSA) is 33.2 Å². The molecule has 1 aliphatic heterocycles. The molecule has 0 aliphatic carbocycles. The zero-order valence-corrected chi connectivity index (χ0v) is 6.98. The van der Waals surface area contributed by atoms with E-state index in [1.54, 1.807) is 24.4 Å². The van der Waals surface area contributed by atoms with Gasteiger partial charge in [0.15, 0.2) is 6.17 Å². The van der Waals surface area contributed by atoms with Gasteiger partial charge in [-0.1, -0.05) is 6.07 Å². The molecule has 4 heteroatoms. The fraction of sp³-hybridized carbons (Fsp3) is 0.333. The number of alkyl halides is 1. The monoisotopic (exact) mass is 180 g/mol. The summed E-state index contributed by atoms with van der Waals surface area (Å²) in [6.07, 6.45) is 0.519. The SMILES string of the molecule is O=C1C(F)CCN1c1ccccn1. The Morgan fingerprint density at radius 1 is 1.54 bits per heavy atom. The molecule has 68 valence electrons. The highest BCUT2D eigenvalue weighted by Crippen LogP contribution is 2.20. The summed E-state index contributed by atoms with van der Waals surface area (Å²) in [4.78, 5) is 16.6. The van der Waals surface area contributed by atoms with Crippen molar-refractivity contribution in [2.75, 3.05) is 11.4 Å². The number of hydrogen-bond acceptors (Lipinski definition) is 2. The van der Waals surface area contributed by atoms with Crippen molar-refractivity contribution >= 4 is 11.7 Å². The van der Waals surface area contributed by atoms with Gasteiger partial charge in [-0.15, -0.1) is 0 Å². The molecule has 1 aliphatic rings. The first-order valence-electron chi connectivity index (χ1n) is 4.15. The molecule has 3 nitrogen and oxygen atoms in total. The molecule has 1 amide bonds. The van der Waals surface area contributed by atoms with Gasteiger partial charge in [-0.3, -0.25) is 9.69 Å². The van der Waals surface area contributed by atoms with Crippen molar-refractivity contribution in [3.8, 4) is 0 Å². The van der Waals surface area contributed by atoms with Crippen molar-refractivity contribution in [2.45, 2.75) is 12.6 Å². The van der Waals surface area contributed by atoms with Crippen molar-refractivity contribution < 1.29 is 9.18 Å². The number of nitrogens with zero attached hydrogens (tertiary/aromatic N) is 2. The second kappa shape index (κ2) is 3.12. The summed E-state index contributed by atoms with van der Waals surface area (Å²) in [5.41, 5.74) is 0. The molecule has 1 atom stereocenters. The van der Waals surface area contributed by atoms with Gasteiger partial charge in [0.1, 0.15) is 5.82 Å². The average molecular weight is 180 g/mol. The second-order valence-electron chi connectivity index (χ2n) is 2.93. The van der Waals surface area contributed by atoms with Crippen LogP contribution in [0.2, 0.25) is 0 Å². The number of amides is 1. The molecular formula is C9H9FN2O. The first-order chi connectivity index (χ1) is 6.29. The van der Waals surface area contributed by atoms with Gasteiger partial charge in [0.25, 0.3) is 5.91 Å². The van der Waals surface area contributed by atoms with Gasteiger partial charge in [-0.25, -0.2) is 9.37 Å². The summed E-state index contributed by atoms with van der Waals surface area (Å²) in [6, 6.07) is 5.24. The van der Waals surface area contributed by atoms with E-state index in [1.807, 2.05) is 0 Å². The Kier molecular flexibility index (Phi) is 1.96. The van der Waals surface area contributed by atoms with Crippen LogP contribution in [0.15, 0.2) is 24.4 Å². The number of carbonyl (C=O) groups excluding carboxylic acids is 1. The second-order valence-corrected chi connectivity index (χ2v) is 2.93. The molecular weight excluding hydrogens is 171 g/mol. The van der Waals surface area contributed by atoms with E-state index in [9.17, 15) is 9.18 Å². The van der Waals surface area contributed by atoms with E-state index in [-0.39, 0.29) is 6.42 Å². The molecule has 1 saturated heterocycles. The fourth-order valence-electron chi connectivity index (χ4n) is 1.39. The Labute approximate surface area is 75.2 Å². The summed E-state index contributed by atoms with van der Waals surface area (Å²) in [6.45, 7) is 0.428. The molecule has 0 aromatic carbocycles. The first-order valence-corrected chi connectivity index (χ1v) is 4.15. The van der Waals surface area contributed by atoms with Crippen LogP contribution in [0.25, 0.3) is 0 Å². The van der Waals surface area contributed by atoms with Crippen molar-refractivity contribution in [1.82, 2.24) is 4.98 Å². The molecule has 1 aromatic rings. The molecule has 1 fully saturated rings. The third-order valence-electron chi connectivity index (χ3n) is 2.07. The number of aromatic nitrogens is 1. The number of carbonyl (C=O) groups is 1. The maximum atomic E-state index is 12.8. The number of rotatable bonds is 1. The molecule has 1 unspecified atom stereocenters. The van der Waals surface area contributed by atoms with Gasteiger partial charge in [-0.2, -0.15) is 0 Å².